The van der Waals surface area contributed by atoms with Gasteiger partial charge in [-0.15, -0.1) is 0 Å². The Morgan fingerprint density at radius 1 is 1.03 bits per heavy atom. The number of piperidine rings is 1. The normalized spacial score (nSPS) is 25.2. The Labute approximate surface area is 206 Å². The topological polar surface area (TPSA) is 72.4 Å². The summed E-state index contributed by atoms with van der Waals surface area (Å²) in [5.74, 6) is 0.360. The Morgan fingerprint density at radius 2 is 1.86 bits per heavy atom. The standard InChI is InChI=1S/C27H35FN6O/c28-21-4-2-20(3-5-21)8-14-32-16-11-27(12-17-32)10-1-13-33(27)18-22-6-7-24(35-22)34-15-9-23-25(29)30-19-31-26(23)34/h2-5,9,15,19,22,24H,1,6-8,10-14,16-18H2,(H2,29,30,31). The summed E-state index contributed by atoms with van der Waals surface area (Å²) in [5.41, 5.74) is 8.42. The molecule has 0 bridgehead atoms. The first-order chi connectivity index (χ1) is 17.1. The summed E-state index contributed by atoms with van der Waals surface area (Å²) < 4.78 is 21.8. The largest absolute Gasteiger partial charge is 0.383 e. The zero-order valence-corrected chi connectivity index (χ0v) is 20.3. The van der Waals surface area contributed by atoms with Crippen molar-refractivity contribution in [3.05, 3.63) is 54.2 Å². The van der Waals surface area contributed by atoms with Gasteiger partial charge in [-0.2, -0.15) is 0 Å². The zero-order chi connectivity index (χ0) is 23.8. The van der Waals surface area contributed by atoms with Gasteiger partial charge in [-0.25, -0.2) is 14.4 Å². The van der Waals surface area contributed by atoms with Crippen LogP contribution in [0.5, 0.6) is 0 Å². The minimum Gasteiger partial charge on any atom is -0.383 e. The van der Waals surface area contributed by atoms with Crippen LogP contribution >= 0.6 is 0 Å². The molecule has 0 aliphatic carbocycles. The number of aromatic nitrogens is 3. The molecule has 3 aliphatic rings. The molecule has 3 aromatic rings. The van der Waals surface area contributed by atoms with Gasteiger partial charge >= 0.3 is 0 Å². The zero-order valence-electron chi connectivity index (χ0n) is 20.3. The van der Waals surface area contributed by atoms with E-state index in [-0.39, 0.29) is 18.1 Å². The second kappa shape index (κ2) is 9.48. The minimum atomic E-state index is -0.159. The fraction of sp³-hybridized carbons (Fsp3) is 0.556. The lowest BCUT2D eigenvalue weighted by Gasteiger charge is -2.46. The molecule has 0 saturated carbocycles. The van der Waals surface area contributed by atoms with Gasteiger partial charge in [-0.3, -0.25) is 4.90 Å². The molecular formula is C27H35FN6O. The number of rotatable bonds is 6. The van der Waals surface area contributed by atoms with Crippen molar-refractivity contribution >= 4 is 16.9 Å². The highest BCUT2D eigenvalue weighted by Crippen LogP contribution is 2.40. The summed E-state index contributed by atoms with van der Waals surface area (Å²) >= 11 is 0. The molecule has 5 heterocycles. The van der Waals surface area contributed by atoms with E-state index >= 15 is 0 Å². The van der Waals surface area contributed by atoms with E-state index in [0.717, 1.165) is 56.5 Å². The molecule has 2 atom stereocenters. The molecule has 35 heavy (non-hydrogen) atoms. The van der Waals surface area contributed by atoms with Crippen LogP contribution in [-0.4, -0.2) is 68.7 Å². The van der Waals surface area contributed by atoms with Crippen LogP contribution in [0, 0.1) is 5.82 Å². The second-order valence-electron chi connectivity index (χ2n) is 10.5. The number of likely N-dealkylation sites (tertiary alicyclic amines) is 2. The highest BCUT2D eigenvalue weighted by atomic mass is 19.1. The fourth-order valence-electron chi connectivity index (χ4n) is 6.47. The molecule has 2 unspecified atom stereocenters. The Hall–Kier alpha value is -2.55. The average Bonchev–Trinajstić information content (AvgIpc) is 3.60. The van der Waals surface area contributed by atoms with Gasteiger partial charge in [0.15, 0.2) is 0 Å². The molecule has 186 valence electrons. The van der Waals surface area contributed by atoms with E-state index in [9.17, 15) is 4.39 Å². The number of anilines is 1. The predicted molar refractivity (Wildman–Crippen MR) is 134 cm³/mol. The predicted octanol–water partition coefficient (Wildman–Crippen LogP) is 4.00. The van der Waals surface area contributed by atoms with Crippen molar-refractivity contribution in [2.24, 2.45) is 0 Å². The molecule has 8 heteroatoms. The molecule has 3 aliphatic heterocycles. The molecule has 3 saturated heterocycles. The SMILES string of the molecule is Nc1ncnc2c1ccn2C1CCC(CN2CCCC23CCN(CCc2ccc(F)cc2)CC3)O1. The molecule has 7 nitrogen and oxygen atoms in total. The number of ether oxygens (including phenoxy) is 1. The first-order valence-electron chi connectivity index (χ1n) is 13.0. The third kappa shape index (κ3) is 4.55. The van der Waals surface area contributed by atoms with Gasteiger partial charge in [-0.1, -0.05) is 12.1 Å². The first-order valence-corrected chi connectivity index (χ1v) is 13.0. The van der Waals surface area contributed by atoms with E-state index in [1.165, 1.54) is 44.1 Å². The number of hydrogen-bond donors (Lipinski definition) is 1. The molecule has 1 aromatic carbocycles. The van der Waals surface area contributed by atoms with Crippen LogP contribution in [0.1, 0.15) is 50.3 Å². The summed E-state index contributed by atoms with van der Waals surface area (Å²) in [6.07, 6.45) is 11.9. The van der Waals surface area contributed by atoms with Crippen LogP contribution in [0.15, 0.2) is 42.9 Å². The quantitative estimate of drug-likeness (QED) is 0.577. The summed E-state index contributed by atoms with van der Waals surface area (Å²) in [5, 5.41) is 0.893. The lowest BCUT2D eigenvalue weighted by molar-refractivity contribution is -0.0335. The third-order valence-electron chi connectivity index (χ3n) is 8.52. The van der Waals surface area contributed by atoms with E-state index < -0.39 is 0 Å². The smallest absolute Gasteiger partial charge is 0.147 e. The fourth-order valence-corrected chi connectivity index (χ4v) is 6.47. The average molecular weight is 479 g/mol. The highest BCUT2D eigenvalue weighted by Gasteiger charge is 2.44. The van der Waals surface area contributed by atoms with Crippen molar-refractivity contribution in [3.8, 4) is 0 Å². The van der Waals surface area contributed by atoms with Gasteiger partial charge in [-0.05, 0) is 88.3 Å². The molecule has 1 spiro atoms. The van der Waals surface area contributed by atoms with Crippen molar-refractivity contribution < 1.29 is 9.13 Å². The Morgan fingerprint density at radius 3 is 2.69 bits per heavy atom. The van der Waals surface area contributed by atoms with Crippen LogP contribution < -0.4 is 5.73 Å². The monoisotopic (exact) mass is 478 g/mol. The molecule has 3 fully saturated rings. The van der Waals surface area contributed by atoms with Crippen molar-refractivity contribution in [2.75, 3.05) is 38.5 Å². The molecular weight excluding hydrogens is 443 g/mol. The van der Waals surface area contributed by atoms with E-state index in [0.29, 0.717) is 11.4 Å². The second-order valence-corrected chi connectivity index (χ2v) is 10.5. The molecule has 2 aromatic heterocycles. The van der Waals surface area contributed by atoms with Crippen LogP contribution in [0.4, 0.5) is 10.2 Å². The Kier molecular flexibility index (Phi) is 6.20. The number of benzene rings is 1. The highest BCUT2D eigenvalue weighted by molar-refractivity contribution is 5.86. The molecule has 2 N–H and O–H groups in total. The van der Waals surface area contributed by atoms with Crippen molar-refractivity contribution in [1.29, 1.82) is 0 Å². The van der Waals surface area contributed by atoms with E-state index in [4.69, 9.17) is 10.5 Å². The van der Waals surface area contributed by atoms with Gasteiger partial charge < -0.3 is 19.9 Å². The first kappa shape index (κ1) is 22.9. The molecule has 0 radical (unpaired) electrons. The number of halogens is 1. The van der Waals surface area contributed by atoms with Gasteiger partial charge in [0, 0.05) is 24.8 Å². The van der Waals surface area contributed by atoms with E-state index in [1.807, 2.05) is 24.4 Å². The summed E-state index contributed by atoms with van der Waals surface area (Å²) in [6, 6.07) is 8.93. The van der Waals surface area contributed by atoms with Crippen molar-refractivity contribution in [1.82, 2.24) is 24.3 Å². The summed E-state index contributed by atoms with van der Waals surface area (Å²) in [4.78, 5) is 13.9. The van der Waals surface area contributed by atoms with Gasteiger partial charge in [0.2, 0.25) is 0 Å². The minimum absolute atomic E-state index is 0.0126. The lowest BCUT2D eigenvalue weighted by atomic mass is 9.84. The molecule has 6 rings (SSSR count). The maximum Gasteiger partial charge on any atom is 0.147 e. The maximum absolute atomic E-state index is 13.2. The van der Waals surface area contributed by atoms with Gasteiger partial charge in [0.05, 0.1) is 11.5 Å². The van der Waals surface area contributed by atoms with Gasteiger partial charge in [0.25, 0.3) is 0 Å². The number of fused-ring (bicyclic) bond motifs is 1. The molecule has 0 amide bonds. The van der Waals surface area contributed by atoms with Crippen LogP contribution in [0.25, 0.3) is 11.0 Å². The Bertz CT molecular complexity index is 1160. The number of nitrogens with zero attached hydrogens (tertiary/aromatic N) is 5. The van der Waals surface area contributed by atoms with Crippen molar-refractivity contribution in [2.45, 2.75) is 62.8 Å². The van der Waals surface area contributed by atoms with E-state index in [1.54, 1.807) is 12.1 Å². The van der Waals surface area contributed by atoms with Gasteiger partial charge in [0.1, 0.15) is 29.8 Å². The number of nitrogens with two attached hydrogens (primary N) is 1. The maximum atomic E-state index is 13.2. The Balaban J connectivity index is 1.04. The number of hydrogen-bond acceptors (Lipinski definition) is 6. The van der Waals surface area contributed by atoms with Crippen LogP contribution in [0.2, 0.25) is 0 Å². The summed E-state index contributed by atoms with van der Waals surface area (Å²) in [6.45, 7) is 5.53. The van der Waals surface area contributed by atoms with Crippen LogP contribution in [0.3, 0.4) is 0 Å². The number of nitrogen functional groups attached to an aromatic ring is 1. The lowest BCUT2D eigenvalue weighted by Crippen LogP contribution is -2.54. The third-order valence-corrected chi connectivity index (χ3v) is 8.52. The summed E-state index contributed by atoms with van der Waals surface area (Å²) in [7, 11) is 0. The van der Waals surface area contributed by atoms with E-state index in [2.05, 4.69) is 24.3 Å². The van der Waals surface area contributed by atoms with Crippen LogP contribution in [-0.2, 0) is 11.2 Å². The van der Waals surface area contributed by atoms with Crippen molar-refractivity contribution in [3.63, 3.8) is 0 Å².